The fraction of sp³-hybridized carbons (Fsp3) is 0.625. The lowest BCUT2D eigenvalue weighted by Crippen LogP contribution is -2.25. The maximum Gasteiger partial charge on any atom is 0.125 e. The summed E-state index contributed by atoms with van der Waals surface area (Å²) in [6.07, 6.45) is 6.50. The lowest BCUT2D eigenvalue weighted by atomic mass is 9.85. The van der Waals surface area contributed by atoms with Gasteiger partial charge in [0.2, 0.25) is 0 Å². The van der Waals surface area contributed by atoms with E-state index in [-0.39, 0.29) is 6.61 Å². The van der Waals surface area contributed by atoms with E-state index in [2.05, 4.69) is 13.0 Å². The van der Waals surface area contributed by atoms with Gasteiger partial charge in [0.1, 0.15) is 5.75 Å². The summed E-state index contributed by atoms with van der Waals surface area (Å²) >= 11 is 0. The number of hydrogen-bond acceptors (Lipinski definition) is 2. The number of benzene rings is 1. The van der Waals surface area contributed by atoms with E-state index in [9.17, 15) is 5.11 Å². The highest BCUT2D eigenvalue weighted by atomic mass is 16.5. The molecule has 2 nitrogen and oxygen atoms in total. The smallest absolute Gasteiger partial charge is 0.125 e. The monoisotopic (exact) mass is 248 g/mol. The van der Waals surface area contributed by atoms with Crippen molar-refractivity contribution in [2.24, 2.45) is 5.92 Å². The summed E-state index contributed by atoms with van der Waals surface area (Å²) in [5.41, 5.74) is 2.08. The van der Waals surface area contributed by atoms with Crippen molar-refractivity contribution in [2.75, 3.05) is 0 Å². The molecule has 0 radical (unpaired) electrons. The topological polar surface area (TPSA) is 29.5 Å². The van der Waals surface area contributed by atoms with Gasteiger partial charge in [0, 0.05) is 5.56 Å². The predicted octanol–water partition coefficient (Wildman–Crippen LogP) is 3.83. The Morgan fingerprint density at radius 2 is 2.17 bits per heavy atom. The van der Waals surface area contributed by atoms with Crippen LogP contribution in [0.15, 0.2) is 18.2 Å². The van der Waals surface area contributed by atoms with E-state index >= 15 is 0 Å². The second-order valence-corrected chi connectivity index (χ2v) is 5.45. The van der Waals surface area contributed by atoms with Crippen molar-refractivity contribution in [1.29, 1.82) is 0 Å². The normalized spacial score (nSPS) is 23.9. The zero-order chi connectivity index (χ0) is 13.0. The molecule has 0 amide bonds. The number of aliphatic hydroxyl groups is 1. The summed E-state index contributed by atoms with van der Waals surface area (Å²) in [5, 5.41) is 9.39. The van der Waals surface area contributed by atoms with Crippen molar-refractivity contribution in [3.05, 3.63) is 29.3 Å². The number of rotatable bonds is 4. The van der Waals surface area contributed by atoms with Gasteiger partial charge < -0.3 is 9.84 Å². The minimum atomic E-state index is 0.0565. The van der Waals surface area contributed by atoms with Crippen LogP contribution in [0, 0.1) is 12.8 Å². The van der Waals surface area contributed by atoms with Gasteiger partial charge >= 0.3 is 0 Å². The predicted molar refractivity (Wildman–Crippen MR) is 73.8 cm³/mol. The quantitative estimate of drug-likeness (QED) is 0.877. The van der Waals surface area contributed by atoms with E-state index in [1.807, 2.05) is 19.1 Å². The van der Waals surface area contributed by atoms with Crippen LogP contribution < -0.4 is 4.74 Å². The van der Waals surface area contributed by atoms with Gasteiger partial charge in [0.25, 0.3) is 0 Å². The van der Waals surface area contributed by atoms with Gasteiger partial charge in [0.05, 0.1) is 12.7 Å². The molecule has 1 N–H and O–H groups in total. The molecule has 100 valence electrons. The molecule has 1 aliphatic rings. The first-order valence-electron chi connectivity index (χ1n) is 7.10. The van der Waals surface area contributed by atoms with Crippen LogP contribution in [-0.2, 0) is 6.61 Å². The zero-order valence-electron chi connectivity index (χ0n) is 11.5. The molecular formula is C16H24O2. The molecule has 2 rings (SSSR count). The Kier molecular flexibility index (Phi) is 4.65. The minimum absolute atomic E-state index is 0.0565. The van der Waals surface area contributed by atoms with E-state index < -0.39 is 0 Å². The molecule has 0 aromatic heterocycles. The Hall–Kier alpha value is -1.02. The molecule has 1 aromatic carbocycles. The van der Waals surface area contributed by atoms with Crippen LogP contribution in [0.5, 0.6) is 5.75 Å². The Balaban J connectivity index is 2.04. The van der Waals surface area contributed by atoms with E-state index in [0.717, 1.165) is 30.1 Å². The second-order valence-electron chi connectivity index (χ2n) is 5.45. The van der Waals surface area contributed by atoms with Crippen molar-refractivity contribution < 1.29 is 9.84 Å². The fourth-order valence-corrected chi connectivity index (χ4v) is 2.85. The third kappa shape index (κ3) is 3.26. The Bertz CT molecular complexity index is 387. The van der Waals surface area contributed by atoms with Gasteiger partial charge in [-0.25, -0.2) is 0 Å². The van der Waals surface area contributed by atoms with E-state index in [4.69, 9.17) is 4.74 Å². The van der Waals surface area contributed by atoms with E-state index in [1.165, 1.54) is 24.8 Å². The SMILES string of the molecule is CCC1CCCC(Oc2ccc(C)cc2CO)C1. The third-order valence-electron chi connectivity index (χ3n) is 3.99. The molecule has 2 unspecified atom stereocenters. The molecular weight excluding hydrogens is 224 g/mol. The van der Waals surface area contributed by atoms with Crippen LogP contribution in [0.1, 0.15) is 50.2 Å². The summed E-state index contributed by atoms with van der Waals surface area (Å²) in [4.78, 5) is 0. The molecule has 1 aliphatic carbocycles. The summed E-state index contributed by atoms with van der Waals surface area (Å²) in [6.45, 7) is 4.36. The molecule has 0 bridgehead atoms. The Morgan fingerprint density at radius 1 is 1.33 bits per heavy atom. The third-order valence-corrected chi connectivity index (χ3v) is 3.99. The van der Waals surface area contributed by atoms with Crippen molar-refractivity contribution in [1.82, 2.24) is 0 Å². The number of hydrogen-bond donors (Lipinski definition) is 1. The van der Waals surface area contributed by atoms with Crippen molar-refractivity contribution in [2.45, 2.75) is 58.7 Å². The maximum atomic E-state index is 9.39. The molecule has 0 aliphatic heterocycles. The minimum Gasteiger partial charge on any atom is -0.490 e. The van der Waals surface area contributed by atoms with Crippen LogP contribution in [0.2, 0.25) is 0 Å². The highest BCUT2D eigenvalue weighted by Gasteiger charge is 2.22. The van der Waals surface area contributed by atoms with E-state index in [0.29, 0.717) is 6.10 Å². The Labute approximate surface area is 110 Å². The first-order valence-corrected chi connectivity index (χ1v) is 7.10. The van der Waals surface area contributed by atoms with Crippen molar-refractivity contribution in [3.63, 3.8) is 0 Å². The van der Waals surface area contributed by atoms with Gasteiger partial charge in [-0.15, -0.1) is 0 Å². The summed E-state index contributed by atoms with van der Waals surface area (Å²) < 4.78 is 6.10. The van der Waals surface area contributed by atoms with Crippen molar-refractivity contribution >= 4 is 0 Å². The van der Waals surface area contributed by atoms with Gasteiger partial charge in [-0.3, -0.25) is 0 Å². The van der Waals surface area contributed by atoms with Crippen LogP contribution in [0.25, 0.3) is 0 Å². The molecule has 2 heteroatoms. The number of ether oxygens (including phenoxy) is 1. The molecule has 0 spiro atoms. The van der Waals surface area contributed by atoms with E-state index in [1.54, 1.807) is 0 Å². The summed E-state index contributed by atoms with van der Waals surface area (Å²) in [7, 11) is 0. The number of aryl methyl sites for hydroxylation is 1. The highest BCUT2D eigenvalue weighted by Crippen LogP contribution is 2.31. The van der Waals surface area contributed by atoms with Gasteiger partial charge in [0.15, 0.2) is 0 Å². The largest absolute Gasteiger partial charge is 0.490 e. The molecule has 2 atom stereocenters. The first-order chi connectivity index (χ1) is 8.72. The maximum absolute atomic E-state index is 9.39. The summed E-state index contributed by atoms with van der Waals surface area (Å²) in [5.74, 6) is 1.68. The molecule has 1 aromatic rings. The molecule has 0 heterocycles. The van der Waals surface area contributed by atoms with Gasteiger partial charge in [-0.05, 0) is 38.2 Å². The van der Waals surface area contributed by atoms with Crippen LogP contribution in [-0.4, -0.2) is 11.2 Å². The zero-order valence-corrected chi connectivity index (χ0v) is 11.5. The van der Waals surface area contributed by atoms with Crippen LogP contribution >= 0.6 is 0 Å². The molecule has 0 saturated heterocycles. The first kappa shape index (κ1) is 13.4. The van der Waals surface area contributed by atoms with Crippen LogP contribution in [0.4, 0.5) is 0 Å². The van der Waals surface area contributed by atoms with Crippen LogP contribution in [0.3, 0.4) is 0 Å². The Morgan fingerprint density at radius 3 is 2.89 bits per heavy atom. The van der Waals surface area contributed by atoms with Crippen molar-refractivity contribution in [3.8, 4) is 5.75 Å². The van der Waals surface area contributed by atoms with Gasteiger partial charge in [-0.1, -0.05) is 37.5 Å². The number of aliphatic hydroxyl groups excluding tert-OH is 1. The molecule has 1 saturated carbocycles. The lowest BCUT2D eigenvalue weighted by molar-refractivity contribution is 0.119. The average molecular weight is 248 g/mol. The molecule has 18 heavy (non-hydrogen) atoms. The highest BCUT2D eigenvalue weighted by molar-refractivity contribution is 5.36. The standard InChI is InChI=1S/C16H24O2/c1-3-13-5-4-6-15(10-13)18-16-8-7-12(2)9-14(16)11-17/h7-9,13,15,17H,3-6,10-11H2,1-2H3. The lowest BCUT2D eigenvalue weighted by Gasteiger charge is -2.29. The van der Waals surface area contributed by atoms with Gasteiger partial charge in [-0.2, -0.15) is 0 Å². The second kappa shape index (κ2) is 6.24. The molecule has 1 fully saturated rings. The summed E-state index contributed by atoms with van der Waals surface area (Å²) in [6, 6.07) is 6.06. The fourth-order valence-electron chi connectivity index (χ4n) is 2.85. The average Bonchev–Trinajstić information content (AvgIpc) is 2.41.